The lowest BCUT2D eigenvalue weighted by Gasteiger charge is -2.24. The average molecular weight is 290 g/mol. The van der Waals surface area contributed by atoms with Crippen LogP contribution in [-0.2, 0) is 6.54 Å². The molecule has 4 heteroatoms. The molecule has 0 aliphatic heterocycles. The van der Waals surface area contributed by atoms with Crippen LogP contribution in [0, 0.1) is 0 Å². The summed E-state index contributed by atoms with van der Waals surface area (Å²) < 4.78 is 0. The van der Waals surface area contributed by atoms with Crippen LogP contribution < -0.4 is 4.90 Å². The first-order chi connectivity index (χ1) is 9.61. The molecule has 0 amide bonds. The van der Waals surface area contributed by atoms with Crippen LogP contribution in [0.3, 0.4) is 0 Å². The van der Waals surface area contributed by atoms with Crippen LogP contribution in [0.1, 0.15) is 22.8 Å². The maximum absolute atomic E-state index is 10.9. The summed E-state index contributed by atoms with van der Waals surface area (Å²) in [6, 6.07) is 14.9. The summed E-state index contributed by atoms with van der Waals surface area (Å²) >= 11 is 6.21. The summed E-state index contributed by atoms with van der Waals surface area (Å²) in [4.78, 5) is 13.0. The number of hydrogen-bond acceptors (Lipinski definition) is 2. The standard InChI is InChI=1S/C16H16ClNO2/c1-2-18(11-12-6-4-3-5-7-12)15-9-8-13(16(19)20)10-14(15)17/h3-10H,2,11H2,1H3,(H,19,20). The molecule has 0 saturated heterocycles. The highest BCUT2D eigenvalue weighted by Crippen LogP contribution is 2.28. The van der Waals surface area contributed by atoms with Crippen LogP contribution >= 0.6 is 11.6 Å². The van der Waals surface area contributed by atoms with Crippen molar-refractivity contribution < 1.29 is 9.90 Å². The van der Waals surface area contributed by atoms with Gasteiger partial charge in [-0.15, -0.1) is 0 Å². The van der Waals surface area contributed by atoms with E-state index in [1.807, 2.05) is 25.1 Å². The number of carboxylic acids is 1. The van der Waals surface area contributed by atoms with Gasteiger partial charge in [0.2, 0.25) is 0 Å². The van der Waals surface area contributed by atoms with Gasteiger partial charge in [-0.2, -0.15) is 0 Å². The van der Waals surface area contributed by atoms with Crippen molar-refractivity contribution in [2.24, 2.45) is 0 Å². The lowest BCUT2D eigenvalue weighted by atomic mass is 10.1. The van der Waals surface area contributed by atoms with Crippen LogP contribution in [-0.4, -0.2) is 17.6 Å². The summed E-state index contributed by atoms with van der Waals surface area (Å²) in [7, 11) is 0. The molecule has 0 radical (unpaired) electrons. The highest BCUT2D eigenvalue weighted by atomic mass is 35.5. The van der Waals surface area contributed by atoms with E-state index in [1.165, 1.54) is 11.6 Å². The van der Waals surface area contributed by atoms with Crippen molar-refractivity contribution in [1.29, 1.82) is 0 Å². The van der Waals surface area contributed by atoms with E-state index in [2.05, 4.69) is 17.0 Å². The number of aromatic carboxylic acids is 1. The highest BCUT2D eigenvalue weighted by Gasteiger charge is 2.12. The minimum Gasteiger partial charge on any atom is -0.478 e. The van der Waals surface area contributed by atoms with E-state index in [0.29, 0.717) is 5.02 Å². The van der Waals surface area contributed by atoms with E-state index in [4.69, 9.17) is 16.7 Å². The normalized spacial score (nSPS) is 10.3. The molecule has 2 aromatic rings. The Bertz CT molecular complexity index is 599. The minimum absolute atomic E-state index is 0.203. The van der Waals surface area contributed by atoms with Crippen LogP contribution in [0.2, 0.25) is 5.02 Å². The predicted molar refractivity (Wildman–Crippen MR) is 81.6 cm³/mol. The van der Waals surface area contributed by atoms with E-state index in [-0.39, 0.29) is 5.56 Å². The Hall–Kier alpha value is -2.00. The molecule has 2 aromatic carbocycles. The number of benzene rings is 2. The Balaban J connectivity index is 2.26. The lowest BCUT2D eigenvalue weighted by Crippen LogP contribution is -2.22. The topological polar surface area (TPSA) is 40.5 Å². The Morgan fingerprint density at radius 3 is 2.45 bits per heavy atom. The van der Waals surface area contributed by atoms with Crippen LogP contribution in [0.5, 0.6) is 0 Å². The first-order valence-electron chi connectivity index (χ1n) is 6.43. The summed E-state index contributed by atoms with van der Waals surface area (Å²) in [6.45, 7) is 3.58. The molecule has 0 atom stereocenters. The Morgan fingerprint density at radius 1 is 1.20 bits per heavy atom. The maximum Gasteiger partial charge on any atom is 0.335 e. The zero-order chi connectivity index (χ0) is 14.5. The van der Waals surface area contributed by atoms with Gasteiger partial charge in [0.25, 0.3) is 0 Å². The molecule has 0 aliphatic carbocycles. The van der Waals surface area contributed by atoms with Gasteiger partial charge >= 0.3 is 5.97 Å². The van der Waals surface area contributed by atoms with Gasteiger partial charge in [-0.05, 0) is 30.7 Å². The van der Waals surface area contributed by atoms with E-state index in [1.54, 1.807) is 12.1 Å². The second kappa shape index (κ2) is 6.44. The van der Waals surface area contributed by atoms with E-state index in [9.17, 15) is 4.79 Å². The third-order valence-corrected chi connectivity index (χ3v) is 3.44. The predicted octanol–water partition coefficient (Wildman–Crippen LogP) is 4.06. The van der Waals surface area contributed by atoms with Gasteiger partial charge in [-0.1, -0.05) is 41.9 Å². The van der Waals surface area contributed by atoms with Crippen molar-refractivity contribution in [3.63, 3.8) is 0 Å². The number of halogens is 1. The van der Waals surface area contributed by atoms with Gasteiger partial charge in [0.15, 0.2) is 0 Å². The third kappa shape index (κ3) is 3.31. The summed E-state index contributed by atoms with van der Waals surface area (Å²) in [6.07, 6.45) is 0. The zero-order valence-corrected chi connectivity index (χ0v) is 12.0. The van der Waals surface area contributed by atoms with Gasteiger partial charge < -0.3 is 10.0 Å². The van der Waals surface area contributed by atoms with Gasteiger partial charge in [0, 0.05) is 13.1 Å². The number of carboxylic acid groups (broad SMARTS) is 1. The van der Waals surface area contributed by atoms with Gasteiger partial charge in [0.05, 0.1) is 16.3 Å². The highest BCUT2D eigenvalue weighted by molar-refractivity contribution is 6.33. The molecule has 0 saturated carbocycles. The molecule has 0 heterocycles. The Kier molecular flexibility index (Phi) is 4.64. The van der Waals surface area contributed by atoms with Crippen molar-refractivity contribution in [3.8, 4) is 0 Å². The van der Waals surface area contributed by atoms with Gasteiger partial charge in [-0.25, -0.2) is 4.79 Å². The molecule has 0 unspecified atom stereocenters. The molecular weight excluding hydrogens is 274 g/mol. The van der Waals surface area contributed by atoms with Crippen LogP contribution in [0.15, 0.2) is 48.5 Å². The fourth-order valence-corrected chi connectivity index (χ4v) is 2.37. The molecule has 0 fully saturated rings. The molecule has 0 spiro atoms. The van der Waals surface area contributed by atoms with Gasteiger partial charge in [0.1, 0.15) is 0 Å². The lowest BCUT2D eigenvalue weighted by molar-refractivity contribution is 0.0697. The zero-order valence-electron chi connectivity index (χ0n) is 11.2. The van der Waals surface area contributed by atoms with Crippen molar-refractivity contribution in [2.75, 3.05) is 11.4 Å². The molecule has 2 rings (SSSR count). The third-order valence-electron chi connectivity index (χ3n) is 3.13. The van der Waals surface area contributed by atoms with Crippen molar-refractivity contribution in [2.45, 2.75) is 13.5 Å². The fourth-order valence-electron chi connectivity index (χ4n) is 2.07. The number of hydrogen-bond donors (Lipinski definition) is 1. The molecular formula is C16H16ClNO2. The Morgan fingerprint density at radius 2 is 1.90 bits per heavy atom. The quantitative estimate of drug-likeness (QED) is 0.902. The van der Waals surface area contributed by atoms with Crippen molar-refractivity contribution in [1.82, 2.24) is 0 Å². The molecule has 104 valence electrons. The Labute approximate surface area is 123 Å². The molecule has 20 heavy (non-hydrogen) atoms. The monoisotopic (exact) mass is 289 g/mol. The van der Waals surface area contributed by atoms with E-state index >= 15 is 0 Å². The number of rotatable bonds is 5. The van der Waals surface area contributed by atoms with E-state index in [0.717, 1.165) is 18.8 Å². The molecule has 0 bridgehead atoms. The fraction of sp³-hybridized carbons (Fsp3) is 0.188. The van der Waals surface area contributed by atoms with Crippen LogP contribution in [0.25, 0.3) is 0 Å². The number of nitrogens with zero attached hydrogens (tertiary/aromatic N) is 1. The maximum atomic E-state index is 10.9. The summed E-state index contributed by atoms with van der Waals surface area (Å²) in [5.41, 5.74) is 2.24. The molecule has 1 N–H and O–H groups in total. The minimum atomic E-state index is -0.968. The first kappa shape index (κ1) is 14.4. The smallest absolute Gasteiger partial charge is 0.335 e. The summed E-state index contributed by atoms with van der Waals surface area (Å²) in [5, 5.41) is 9.42. The van der Waals surface area contributed by atoms with Crippen molar-refractivity contribution in [3.05, 3.63) is 64.7 Å². The molecule has 3 nitrogen and oxygen atoms in total. The average Bonchev–Trinajstić information content (AvgIpc) is 2.46. The summed E-state index contributed by atoms with van der Waals surface area (Å²) in [5.74, 6) is -0.968. The second-order valence-electron chi connectivity index (χ2n) is 4.47. The first-order valence-corrected chi connectivity index (χ1v) is 6.81. The van der Waals surface area contributed by atoms with Gasteiger partial charge in [-0.3, -0.25) is 0 Å². The number of carbonyl (C=O) groups is 1. The SMILES string of the molecule is CCN(Cc1ccccc1)c1ccc(C(=O)O)cc1Cl. The van der Waals surface area contributed by atoms with Crippen LogP contribution in [0.4, 0.5) is 5.69 Å². The van der Waals surface area contributed by atoms with Crippen molar-refractivity contribution >= 4 is 23.3 Å². The van der Waals surface area contributed by atoms with E-state index < -0.39 is 5.97 Å². The second-order valence-corrected chi connectivity index (χ2v) is 4.88. The number of anilines is 1. The largest absolute Gasteiger partial charge is 0.478 e. The molecule has 0 aromatic heterocycles. The molecule has 0 aliphatic rings.